The van der Waals surface area contributed by atoms with Gasteiger partial charge in [0.2, 0.25) is 0 Å². The van der Waals surface area contributed by atoms with Crippen molar-refractivity contribution in [2.24, 2.45) is 5.73 Å². The molecular formula is C24H31N7. The minimum absolute atomic E-state index is 0.0690. The van der Waals surface area contributed by atoms with Gasteiger partial charge in [0.15, 0.2) is 0 Å². The zero-order valence-corrected chi connectivity index (χ0v) is 17.8. The van der Waals surface area contributed by atoms with Gasteiger partial charge in [-0.05, 0) is 43.2 Å². The molecule has 31 heavy (non-hydrogen) atoms. The Morgan fingerprint density at radius 1 is 1.13 bits per heavy atom. The molecule has 0 spiro atoms. The van der Waals surface area contributed by atoms with Crippen LogP contribution < -0.4 is 21.3 Å². The van der Waals surface area contributed by atoms with Crippen LogP contribution in [0.2, 0.25) is 0 Å². The SMILES string of the molecule is N=CC(CNC1CCN(c2cccc(NCCN)c2)CC1)c1cnc2ccccc2n1. The summed E-state index contributed by atoms with van der Waals surface area (Å²) in [5, 5.41) is 14.9. The van der Waals surface area contributed by atoms with Crippen LogP contribution in [0.15, 0.2) is 54.7 Å². The smallest absolute Gasteiger partial charge is 0.0890 e. The first-order valence-electron chi connectivity index (χ1n) is 11.0. The topological polar surface area (TPSA) is 103 Å². The Bertz CT molecular complexity index is 998. The zero-order valence-electron chi connectivity index (χ0n) is 17.8. The van der Waals surface area contributed by atoms with Crippen molar-refractivity contribution >= 4 is 28.6 Å². The van der Waals surface area contributed by atoms with Crippen LogP contribution in [0.25, 0.3) is 11.0 Å². The maximum Gasteiger partial charge on any atom is 0.0890 e. The van der Waals surface area contributed by atoms with Crippen molar-refractivity contribution in [2.45, 2.75) is 24.8 Å². The molecular weight excluding hydrogens is 386 g/mol. The number of rotatable bonds is 9. The van der Waals surface area contributed by atoms with Crippen molar-refractivity contribution in [2.75, 3.05) is 42.9 Å². The number of nitrogens with one attached hydrogen (secondary N) is 3. The van der Waals surface area contributed by atoms with Crippen molar-refractivity contribution in [1.82, 2.24) is 15.3 Å². The molecule has 1 aliphatic rings. The normalized spacial score (nSPS) is 15.7. The van der Waals surface area contributed by atoms with Crippen molar-refractivity contribution in [3.05, 3.63) is 60.4 Å². The van der Waals surface area contributed by atoms with Crippen LogP contribution in [-0.4, -0.2) is 54.9 Å². The van der Waals surface area contributed by atoms with Gasteiger partial charge in [0, 0.05) is 68.5 Å². The van der Waals surface area contributed by atoms with Gasteiger partial charge in [0.1, 0.15) is 0 Å². The van der Waals surface area contributed by atoms with Gasteiger partial charge in [0.05, 0.1) is 16.7 Å². The van der Waals surface area contributed by atoms with E-state index in [4.69, 9.17) is 16.1 Å². The molecule has 0 saturated carbocycles. The van der Waals surface area contributed by atoms with Crippen LogP contribution >= 0.6 is 0 Å². The molecule has 4 rings (SSSR count). The summed E-state index contributed by atoms with van der Waals surface area (Å²) >= 11 is 0. The van der Waals surface area contributed by atoms with E-state index in [9.17, 15) is 0 Å². The highest BCUT2D eigenvalue weighted by atomic mass is 15.1. The largest absolute Gasteiger partial charge is 0.384 e. The number of nitrogens with two attached hydrogens (primary N) is 1. The molecule has 1 saturated heterocycles. The molecule has 0 amide bonds. The second-order valence-corrected chi connectivity index (χ2v) is 7.99. The Hall–Kier alpha value is -3.03. The molecule has 5 N–H and O–H groups in total. The van der Waals surface area contributed by atoms with Crippen LogP contribution in [0.5, 0.6) is 0 Å². The maximum atomic E-state index is 7.88. The van der Waals surface area contributed by atoms with Gasteiger partial charge < -0.3 is 26.7 Å². The maximum absolute atomic E-state index is 7.88. The number of hydrogen-bond donors (Lipinski definition) is 4. The molecule has 1 atom stereocenters. The van der Waals surface area contributed by atoms with Crippen molar-refractivity contribution in [1.29, 1.82) is 5.41 Å². The molecule has 1 aromatic heterocycles. The van der Waals surface area contributed by atoms with Gasteiger partial charge in [-0.3, -0.25) is 4.98 Å². The van der Waals surface area contributed by atoms with Crippen LogP contribution in [0.4, 0.5) is 11.4 Å². The first-order valence-corrected chi connectivity index (χ1v) is 11.0. The number of aromatic nitrogens is 2. The predicted octanol–water partition coefficient (Wildman–Crippen LogP) is 2.99. The van der Waals surface area contributed by atoms with Gasteiger partial charge in [-0.2, -0.15) is 0 Å². The molecule has 0 aliphatic carbocycles. The summed E-state index contributed by atoms with van der Waals surface area (Å²) in [6.45, 7) is 4.15. The fraction of sp³-hybridized carbons (Fsp3) is 0.375. The quantitative estimate of drug-likeness (QED) is 0.399. The van der Waals surface area contributed by atoms with Crippen LogP contribution in [0.1, 0.15) is 24.5 Å². The fourth-order valence-corrected chi connectivity index (χ4v) is 4.06. The van der Waals surface area contributed by atoms with E-state index in [0.717, 1.165) is 54.9 Å². The second kappa shape index (κ2) is 10.3. The van der Waals surface area contributed by atoms with Gasteiger partial charge in [-0.25, -0.2) is 4.98 Å². The molecule has 0 bridgehead atoms. The number of hydrogen-bond acceptors (Lipinski definition) is 7. The predicted molar refractivity (Wildman–Crippen MR) is 128 cm³/mol. The summed E-state index contributed by atoms with van der Waals surface area (Å²) < 4.78 is 0. The van der Waals surface area contributed by atoms with E-state index in [-0.39, 0.29) is 5.92 Å². The van der Waals surface area contributed by atoms with E-state index >= 15 is 0 Å². The lowest BCUT2D eigenvalue weighted by Gasteiger charge is -2.34. The van der Waals surface area contributed by atoms with Gasteiger partial charge in [0.25, 0.3) is 0 Å². The minimum atomic E-state index is -0.0690. The standard InChI is InChI=1S/C24H31N7/c25-10-11-27-20-4-3-5-21(14-20)31-12-8-19(9-13-31)28-16-18(15-26)24-17-29-22-6-1-2-7-23(22)30-24/h1-7,14-15,17-19,26-28H,8-13,16,25H2. The molecule has 2 aromatic carbocycles. The third kappa shape index (κ3) is 5.37. The van der Waals surface area contributed by atoms with Gasteiger partial charge in [-0.15, -0.1) is 0 Å². The van der Waals surface area contributed by atoms with E-state index in [1.807, 2.05) is 24.3 Å². The van der Waals surface area contributed by atoms with Crippen molar-refractivity contribution < 1.29 is 0 Å². The highest BCUT2D eigenvalue weighted by molar-refractivity contribution is 5.74. The number of anilines is 2. The van der Waals surface area contributed by atoms with Crippen molar-refractivity contribution in [3.63, 3.8) is 0 Å². The van der Waals surface area contributed by atoms with Crippen LogP contribution in [-0.2, 0) is 0 Å². The molecule has 7 heteroatoms. The average molecular weight is 418 g/mol. The Labute approximate surface area is 183 Å². The Morgan fingerprint density at radius 3 is 2.71 bits per heavy atom. The lowest BCUT2D eigenvalue weighted by molar-refractivity contribution is 0.413. The lowest BCUT2D eigenvalue weighted by atomic mass is 10.0. The summed E-state index contributed by atoms with van der Waals surface area (Å²) in [6, 6.07) is 16.9. The first-order chi connectivity index (χ1) is 15.3. The molecule has 1 unspecified atom stereocenters. The summed E-state index contributed by atoms with van der Waals surface area (Å²) in [6.07, 6.45) is 5.43. The molecule has 162 valence electrons. The zero-order chi connectivity index (χ0) is 21.5. The van der Waals surface area contributed by atoms with E-state index < -0.39 is 0 Å². The Morgan fingerprint density at radius 2 is 1.94 bits per heavy atom. The fourth-order valence-electron chi connectivity index (χ4n) is 4.06. The summed E-state index contributed by atoms with van der Waals surface area (Å²) in [5.74, 6) is -0.0690. The van der Waals surface area contributed by atoms with Gasteiger partial charge in [-0.1, -0.05) is 18.2 Å². The number of benzene rings is 2. The number of piperidine rings is 1. The summed E-state index contributed by atoms with van der Waals surface area (Å²) in [4.78, 5) is 11.7. The number of para-hydroxylation sites is 2. The van der Waals surface area contributed by atoms with E-state index in [1.54, 1.807) is 6.20 Å². The lowest BCUT2D eigenvalue weighted by Crippen LogP contribution is -2.43. The summed E-state index contributed by atoms with van der Waals surface area (Å²) in [5.41, 5.74) is 10.6. The second-order valence-electron chi connectivity index (χ2n) is 7.99. The van der Waals surface area contributed by atoms with E-state index in [2.05, 4.69) is 44.8 Å². The highest BCUT2D eigenvalue weighted by Gasteiger charge is 2.21. The highest BCUT2D eigenvalue weighted by Crippen LogP contribution is 2.23. The van der Waals surface area contributed by atoms with Gasteiger partial charge >= 0.3 is 0 Å². The minimum Gasteiger partial charge on any atom is -0.384 e. The van der Waals surface area contributed by atoms with E-state index in [0.29, 0.717) is 19.1 Å². The Balaban J connectivity index is 1.30. The third-order valence-electron chi connectivity index (χ3n) is 5.85. The summed E-state index contributed by atoms with van der Waals surface area (Å²) in [7, 11) is 0. The molecule has 3 aromatic rings. The molecule has 2 heterocycles. The number of nitrogens with zero attached hydrogens (tertiary/aromatic N) is 3. The van der Waals surface area contributed by atoms with E-state index in [1.165, 1.54) is 11.9 Å². The number of fused-ring (bicyclic) bond motifs is 1. The van der Waals surface area contributed by atoms with Crippen LogP contribution in [0.3, 0.4) is 0 Å². The molecule has 0 radical (unpaired) electrons. The van der Waals surface area contributed by atoms with Crippen LogP contribution in [0, 0.1) is 5.41 Å². The third-order valence-corrected chi connectivity index (χ3v) is 5.85. The monoisotopic (exact) mass is 417 g/mol. The van der Waals surface area contributed by atoms with Crippen molar-refractivity contribution in [3.8, 4) is 0 Å². The molecule has 7 nitrogen and oxygen atoms in total. The average Bonchev–Trinajstić information content (AvgIpc) is 2.83. The molecule has 1 fully saturated rings. The first kappa shape index (κ1) is 21.2. The molecule has 1 aliphatic heterocycles. The Kier molecular flexibility index (Phi) is 7.07.